The van der Waals surface area contributed by atoms with Gasteiger partial charge in [0.2, 0.25) is 0 Å². The third-order valence-corrected chi connectivity index (χ3v) is 6.42. The van der Waals surface area contributed by atoms with E-state index in [9.17, 15) is 9.90 Å². The Balaban J connectivity index is 0.000000821. The molecule has 1 amide bonds. The number of furan rings is 1. The fourth-order valence-electron chi connectivity index (χ4n) is 4.90. The van der Waals surface area contributed by atoms with Crippen molar-refractivity contribution in [2.45, 2.75) is 31.5 Å². The maximum Gasteiger partial charge on any atom is 0.290 e. The number of nitrogens with zero attached hydrogens (tertiary/aromatic N) is 3. The molecule has 1 aliphatic heterocycles. The number of hydrogen-bond donors (Lipinski definition) is 3. The Labute approximate surface area is 191 Å². The zero-order valence-electron chi connectivity index (χ0n) is 18.2. The van der Waals surface area contributed by atoms with Gasteiger partial charge < -0.3 is 24.5 Å². The summed E-state index contributed by atoms with van der Waals surface area (Å²) >= 11 is 0. The summed E-state index contributed by atoms with van der Waals surface area (Å²) in [5, 5.41) is 20.4. The molecule has 174 valence electrons. The van der Waals surface area contributed by atoms with E-state index in [4.69, 9.17) is 14.3 Å². The van der Waals surface area contributed by atoms with Crippen molar-refractivity contribution in [2.75, 3.05) is 13.1 Å². The average molecular weight is 453 g/mol. The molecule has 0 unspecified atom stereocenters. The molecular formula is C24H28N4O5. The van der Waals surface area contributed by atoms with Crippen LogP contribution in [0.1, 0.15) is 29.0 Å². The monoisotopic (exact) mass is 452 g/mol. The Morgan fingerprint density at radius 3 is 2.55 bits per heavy atom. The average Bonchev–Trinajstić information content (AvgIpc) is 3.57. The number of benzene rings is 1. The summed E-state index contributed by atoms with van der Waals surface area (Å²) in [4.78, 5) is 27.2. The smallest absolute Gasteiger partial charge is 0.290 e. The van der Waals surface area contributed by atoms with Crippen LogP contribution in [0.15, 0.2) is 65.8 Å². The number of rotatable bonds is 5. The SMILES string of the molecule is O=C(N[C@H]1C[C@H]2CN(Cc3ccc(-n4ccnc4)cc3)C[C@H]2C[C@@H]1O)c1ccco1.O=CO. The molecule has 33 heavy (non-hydrogen) atoms. The molecule has 2 aliphatic rings. The van der Waals surface area contributed by atoms with E-state index in [2.05, 4.69) is 39.5 Å². The lowest BCUT2D eigenvalue weighted by Crippen LogP contribution is -2.49. The second-order valence-electron chi connectivity index (χ2n) is 8.55. The topological polar surface area (TPSA) is 121 Å². The van der Waals surface area contributed by atoms with Crippen molar-refractivity contribution >= 4 is 12.4 Å². The van der Waals surface area contributed by atoms with Crippen LogP contribution in [0.5, 0.6) is 0 Å². The number of hydrogen-bond acceptors (Lipinski definition) is 6. The minimum absolute atomic E-state index is 0.224. The molecule has 2 fully saturated rings. The number of aromatic nitrogens is 2. The summed E-state index contributed by atoms with van der Waals surface area (Å²) in [6.07, 6.45) is 8.01. The Kier molecular flexibility index (Phi) is 7.21. The first kappa shape index (κ1) is 22.8. The van der Waals surface area contributed by atoms with Gasteiger partial charge in [0.25, 0.3) is 12.4 Å². The number of imidazole rings is 1. The standard InChI is InChI=1S/C23H26N4O3.CH2O2/c28-21-11-18-14-26(12-16-3-5-19(6-4-16)27-8-7-24-15-27)13-17(18)10-20(21)25-23(29)22-2-1-9-30-22;2-1-3/h1-9,15,17-18,20-21,28H,10-14H2,(H,25,29);1H,(H,2,3)/t17-,18+,20-,21-;/m0./s1. The van der Waals surface area contributed by atoms with Gasteiger partial charge in [0.05, 0.1) is 24.7 Å². The maximum absolute atomic E-state index is 12.3. The molecule has 4 atom stereocenters. The van der Waals surface area contributed by atoms with Crippen LogP contribution in [0.4, 0.5) is 0 Å². The maximum atomic E-state index is 12.3. The number of carbonyl (C=O) groups is 2. The molecular weight excluding hydrogens is 424 g/mol. The second-order valence-corrected chi connectivity index (χ2v) is 8.55. The number of carboxylic acid groups (broad SMARTS) is 1. The van der Waals surface area contributed by atoms with Gasteiger partial charge in [-0.2, -0.15) is 0 Å². The lowest BCUT2D eigenvalue weighted by Gasteiger charge is -2.35. The van der Waals surface area contributed by atoms with E-state index in [-0.39, 0.29) is 24.2 Å². The van der Waals surface area contributed by atoms with Crippen molar-refractivity contribution in [1.29, 1.82) is 0 Å². The summed E-state index contributed by atoms with van der Waals surface area (Å²) in [5.74, 6) is 0.995. The van der Waals surface area contributed by atoms with Crippen molar-refractivity contribution in [2.24, 2.45) is 11.8 Å². The van der Waals surface area contributed by atoms with Crippen LogP contribution < -0.4 is 5.32 Å². The number of amides is 1. The fourth-order valence-corrected chi connectivity index (χ4v) is 4.90. The molecule has 1 aromatic carbocycles. The summed E-state index contributed by atoms with van der Waals surface area (Å²) in [7, 11) is 0. The van der Waals surface area contributed by atoms with Crippen molar-refractivity contribution < 1.29 is 24.2 Å². The van der Waals surface area contributed by atoms with Gasteiger partial charge in [-0.25, -0.2) is 4.98 Å². The fraction of sp³-hybridized carbons (Fsp3) is 0.375. The Hall–Kier alpha value is -3.43. The predicted octanol–water partition coefficient (Wildman–Crippen LogP) is 2.17. The van der Waals surface area contributed by atoms with Crippen LogP contribution in [0.2, 0.25) is 0 Å². The quantitative estimate of drug-likeness (QED) is 0.507. The second kappa shape index (κ2) is 10.5. The molecule has 1 aliphatic carbocycles. The molecule has 0 radical (unpaired) electrons. The number of carbonyl (C=O) groups excluding carboxylic acids is 1. The van der Waals surface area contributed by atoms with Crippen molar-refractivity contribution in [3.63, 3.8) is 0 Å². The minimum atomic E-state index is -0.514. The van der Waals surface area contributed by atoms with Crippen molar-refractivity contribution in [1.82, 2.24) is 19.8 Å². The van der Waals surface area contributed by atoms with E-state index >= 15 is 0 Å². The molecule has 0 spiro atoms. The van der Waals surface area contributed by atoms with E-state index in [0.717, 1.165) is 38.2 Å². The lowest BCUT2D eigenvalue weighted by atomic mass is 9.77. The van der Waals surface area contributed by atoms with Gasteiger partial charge in [-0.15, -0.1) is 0 Å². The summed E-state index contributed by atoms with van der Waals surface area (Å²) in [6.45, 7) is 2.63. The first-order chi connectivity index (χ1) is 16.1. The molecule has 5 rings (SSSR count). The minimum Gasteiger partial charge on any atom is -0.483 e. The molecule has 3 aromatic rings. The highest BCUT2D eigenvalue weighted by molar-refractivity contribution is 5.91. The highest BCUT2D eigenvalue weighted by Gasteiger charge is 2.42. The van der Waals surface area contributed by atoms with Crippen LogP contribution in [-0.2, 0) is 11.3 Å². The van der Waals surface area contributed by atoms with Crippen LogP contribution in [0, 0.1) is 11.8 Å². The van der Waals surface area contributed by atoms with Gasteiger partial charge in [0.1, 0.15) is 0 Å². The number of fused-ring (bicyclic) bond motifs is 1. The predicted molar refractivity (Wildman–Crippen MR) is 120 cm³/mol. The van der Waals surface area contributed by atoms with E-state index in [1.165, 1.54) is 11.8 Å². The van der Waals surface area contributed by atoms with Crippen LogP contribution in [-0.4, -0.2) is 62.3 Å². The van der Waals surface area contributed by atoms with Crippen LogP contribution >= 0.6 is 0 Å². The Morgan fingerprint density at radius 2 is 1.91 bits per heavy atom. The van der Waals surface area contributed by atoms with Crippen LogP contribution in [0.25, 0.3) is 5.69 Å². The summed E-state index contributed by atoms with van der Waals surface area (Å²) in [6, 6.07) is 11.7. The zero-order chi connectivity index (χ0) is 23.2. The Morgan fingerprint density at radius 1 is 1.18 bits per heavy atom. The molecule has 2 aromatic heterocycles. The molecule has 0 bridgehead atoms. The first-order valence-electron chi connectivity index (χ1n) is 11.0. The van der Waals surface area contributed by atoms with Crippen LogP contribution in [0.3, 0.4) is 0 Å². The summed E-state index contributed by atoms with van der Waals surface area (Å²) < 4.78 is 7.16. The molecule has 9 nitrogen and oxygen atoms in total. The van der Waals surface area contributed by atoms with Gasteiger partial charge in [-0.05, 0) is 54.5 Å². The van der Waals surface area contributed by atoms with Gasteiger partial charge in [-0.3, -0.25) is 14.5 Å². The molecule has 3 N–H and O–H groups in total. The highest BCUT2D eigenvalue weighted by atomic mass is 16.3. The highest BCUT2D eigenvalue weighted by Crippen LogP contribution is 2.37. The Bertz CT molecular complexity index is 1020. The third-order valence-electron chi connectivity index (χ3n) is 6.42. The zero-order valence-corrected chi connectivity index (χ0v) is 18.2. The van der Waals surface area contributed by atoms with Gasteiger partial charge >= 0.3 is 0 Å². The molecule has 1 saturated heterocycles. The number of aliphatic hydroxyl groups excluding tert-OH is 1. The summed E-state index contributed by atoms with van der Waals surface area (Å²) in [5.41, 5.74) is 2.38. The van der Waals surface area contributed by atoms with E-state index < -0.39 is 6.10 Å². The van der Waals surface area contributed by atoms with E-state index in [1.54, 1.807) is 24.7 Å². The number of nitrogens with one attached hydrogen (secondary N) is 1. The number of aliphatic hydroxyl groups is 1. The van der Waals surface area contributed by atoms with Crippen molar-refractivity contribution in [3.05, 3.63) is 72.7 Å². The molecule has 3 heterocycles. The van der Waals surface area contributed by atoms with E-state index in [0.29, 0.717) is 11.8 Å². The van der Waals surface area contributed by atoms with Gasteiger partial charge in [-0.1, -0.05) is 12.1 Å². The largest absolute Gasteiger partial charge is 0.483 e. The molecule has 9 heteroatoms. The first-order valence-corrected chi connectivity index (χ1v) is 11.0. The van der Waals surface area contributed by atoms with E-state index in [1.807, 2.05) is 10.8 Å². The third kappa shape index (κ3) is 5.50. The van der Waals surface area contributed by atoms with Gasteiger partial charge in [0.15, 0.2) is 5.76 Å². The molecule has 1 saturated carbocycles. The number of likely N-dealkylation sites (tertiary alicyclic amines) is 1. The van der Waals surface area contributed by atoms with Crippen molar-refractivity contribution in [3.8, 4) is 5.69 Å². The normalized spacial score (nSPS) is 24.4. The van der Waals surface area contributed by atoms with Gasteiger partial charge in [0, 0.05) is 37.7 Å². The lowest BCUT2D eigenvalue weighted by molar-refractivity contribution is -0.122.